The van der Waals surface area contributed by atoms with Crippen LogP contribution < -0.4 is 5.32 Å². The van der Waals surface area contributed by atoms with Crippen LogP contribution in [0.3, 0.4) is 0 Å². The van der Waals surface area contributed by atoms with Gasteiger partial charge >= 0.3 is 5.97 Å². The minimum Gasteiger partial charge on any atom is -0.465 e. The summed E-state index contributed by atoms with van der Waals surface area (Å²) in [5.74, 6) is -0.475. The fraction of sp³-hybridized carbons (Fsp3) is 0.133. The lowest BCUT2D eigenvalue weighted by Gasteiger charge is -2.02. The highest BCUT2D eigenvalue weighted by molar-refractivity contribution is 7.21. The van der Waals surface area contributed by atoms with Crippen molar-refractivity contribution in [3.63, 3.8) is 0 Å². The lowest BCUT2D eigenvalue weighted by molar-refractivity contribution is -0.114. The summed E-state index contributed by atoms with van der Waals surface area (Å²) in [7, 11) is 1.36. The molecule has 0 spiro atoms. The number of benzene rings is 1. The van der Waals surface area contributed by atoms with E-state index in [1.165, 1.54) is 25.4 Å². The molecule has 1 amide bonds. The van der Waals surface area contributed by atoms with E-state index in [9.17, 15) is 9.59 Å². The van der Waals surface area contributed by atoms with Crippen molar-refractivity contribution in [2.45, 2.75) is 6.92 Å². The van der Waals surface area contributed by atoms with Crippen LogP contribution in [0.5, 0.6) is 0 Å². The largest absolute Gasteiger partial charge is 0.465 e. The van der Waals surface area contributed by atoms with Gasteiger partial charge in [-0.3, -0.25) is 9.89 Å². The first-order valence-electron chi connectivity index (χ1n) is 6.52. The van der Waals surface area contributed by atoms with E-state index in [4.69, 9.17) is 4.74 Å². The van der Waals surface area contributed by atoms with E-state index in [2.05, 4.69) is 15.5 Å². The van der Waals surface area contributed by atoms with Crippen LogP contribution in [0.2, 0.25) is 0 Å². The van der Waals surface area contributed by atoms with E-state index in [0.29, 0.717) is 4.88 Å². The molecule has 22 heavy (non-hydrogen) atoms. The summed E-state index contributed by atoms with van der Waals surface area (Å²) in [6.07, 6.45) is 0. The molecule has 0 aliphatic heterocycles. The van der Waals surface area contributed by atoms with Crippen LogP contribution in [0.25, 0.3) is 21.5 Å². The van der Waals surface area contributed by atoms with E-state index in [0.717, 1.165) is 27.2 Å². The fourth-order valence-corrected chi connectivity index (χ4v) is 3.17. The average molecular weight is 315 g/mol. The summed E-state index contributed by atoms with van der Waals surface area (Å²) in [6, 6.07) is 9.10. The zero-order valence-corrected chi connectivity index (χ0v) is 12.8. The van der Waals surface area contributed by atoms with Crippen LogP contribution in [0, 0.1) is 0 Å². The van der Waals surface area contributed by atoms with E-state index >= 15 is 0 Å². The maximum atomic E-state index is 11.6. The quantitative estimate of drug-likeness (QED) is 0.728. The molecule has 0 radical (unpaired) electrons. The Kier molecular flexibility index (Phi) is 3.64. The summed E-state index contributed by atoms with van der Waals surface area (Å²) in [5.41, 5.74) is 3.19. The van der Waals surface area contributed by atoms with Crippen LogP contribution in [0.15, 0.2) is 30.3 Å². The number of H-pyrrole nitrogens is 1. The van der Waals surface area contributed by atoms with Gasteiger partial charge in [0.2, 0.25) is 5.91 Å². The third kappa shape index (κ3) is 2.58. The third-order valence-corrected chi connectivity index (χ3v) is 4.22. The van der Waals surface area contributed by atoms with Crippen molar-refractivity contribution in [2.24, 2.45) is 0 Å². The van der Waals surface area contributed by atoms with E-state index < -0.39 is 0 Å². The van der Waals surface area contributed by atoms with E-state index in [1.54, 1.807) is 6.07 Å². The van der Waals surface area contributed by atoms with Crippen LogP contribution in [0.4, 0.5) is 5.69 Å². The lowest BCUT2D eigenvalue weighted by atomic mass is 10.1. The van der Waals surface area contributed by atoms with Gasteiger partial charge < -0.3 is 10.1 Å². The number of rotatable bonds is 3. The molecule has 7 heteroatoms. The Morgan fingerprint density at radius 2 is 2.00 bits per heavy atom. The molecule has 3 rings (SSSR count). The Morgan fingerprint density at radius 1 is 1.27 bits per heavy atom. The molecular formula is C15H13N3O3S. The minimum atomic E-state index is -0.360. The highest BCUT2D eigenvalue weighted by atomic mass is 32.1. The van der Waals surface area contributed by atoms with Gasteiger partial charge in [0.1, 0.15) is 10.6 Å². The number of carbonyl (C=O) groups is 2. The van der Waals surface area contributed by atoms with Gasteiger partial charge in [-0.2, -0.15) is 5.10 Å². The van der Waals surface area contributed by atoms with Crippen LogP contribution in [0.1, 0.15) is 16.6 Å². The third-order valence-electron chi connectivity index (χ3n) is 3.10. The first-order valence-corrected chi connectivity index (χ1v) is 7.34. The normalized spacial score (nSPS) is 10.6. The summed E-state index contributed by atoms with van der Waals surface area (Å²) in [5, 5.41) is 9.92. The Bertz CT molecular complexity index is 849. The van der Waals surface area contributed by atoms with Crippen molar-refractivity contribution in [3.05, 3.63) is 35.2 Å². The van der Waals surface area contributed by atoms with Gasteiger partial charge in [0.25, 0.3) is 0 Å². The van der Waals surface area contributed by atoms with Gasteiger partial charge in [-0.1, -0.05) is 12.1 Å². The average Bonchev–Trinajstić information content (AvgIpc) is 3.07. The molecule has 0 atom stereocenters. The molecule has 2 heterocycles. The molecule has 0 saturated carbocycles. The van der Waals surface area contributed by atoms with Gasteiger partial charge in [-0.15, -0.1) is 11.3 Å². The number of aromatic amines is 1. The standard InChI is InChI=1S/C15H13N3O3S/c1-8(19)16-10-5-3-9(4-6-10)13-14-11(17-18-13)7-12(22-14)15(20)21-2/h3-7H,1-2H3,(H,16,19)(H,17,18). The summed E-state index contributed by atoms with van der Waals surface area (Å²) >= 11 is 1.33. The predicted octanol–water partition coefficient (Wildman–Crippen LogP) is 3.04. The van der Waals surface area contributed by atoms with Crippen molar-refractivity contribution in [1.82, 2.24) is 10.2 Å². The number of methoxy groups -OCH3 is 1. The maximum Gasteiger partial charge on any atom is 0.348 e. The predicted molar refractivity (Wildman–Crippen MR) is 85.0 cm³/mol. The summed E-state index contributed by atoms with van der Waals surface area (Å²) < 4.78 is 5.63. The van der Waals surface area contributed by atoms with Crippen molar-refractivity contribution in [1.29, 1.82) is 0 Å². The molecule has 0 unspecified atom stereocenters. The number of hydrogen-bond donors (Lipinski definition) is 2. The number of thiophene rings is 1. The molecule has 2 aromatic heterocycles. The molecule has 112 valence electrons. The number of carbonyl (C=O) groups excluding carboxylic acids is 2. The molecule has 3 aromatic rings. The topological polar surface area (TPSA) is 84.1 Å². The smallest absolute Gasteiger partial charge is 0.348 e. The van der Waals surface area contributed by atoms with E-state index in [1.807, 2.05) is 24.3 Å². The second-order valence-corrected chi connectivity index (χ2v) is 5.73. The number of aromatic nitrogens is 2. The molecular weight excluding hydrogens is 302 g/mol. The molecule has 0 bridgehead atoms. The first kappa shape index (κ1) is 14.3. The summed E-state index contributed by atoms with van der Waals surface area (Å²) in [4.78, 5) is 23.1. The first-order chi connectivity index (χ1) is 10.6. The molecule has 0 fully saturated rings. The Labute approximate surface area is 130 Å². The monoisotopic (exact) mass is 315 g/mol. The number of hydrogen-bond acceptors (Lipinski definition) is 5. The van der Waals surface area contributed by atoms with Crippen LogP contribution >= 0.6 is 11.3 Å². The highest BCUT2D eigenvalue weighted by Gasteiger charge is 2.16. The SMILES string of the molecule is COC(=O)c1cc2[nH]nc(-c3ccc(NC(C)=O)cc3)c2s1. The maximum absolute atomic E-state index is 11.6. The Morgan fingerprint density at radius 3 is 2.64 bits per heavy atom. The number of fused-ring (bicyclic) bond motifs is 1. The van der Waals surface area contributed by atoms with Crippen LogP contribution in [-0.4, -0.2) is 29.2 Å². The molecule has 1 aromatic carbocycles. The lowest BCUT2D eigenvalue weighted by Crippen LogP contribution is -2.05. The molecule has 0 aliphatic rings. The van der Waals surface area contributed by atoms with Gasteiger partial charge in [0.05, 0.1) is 17.3 Å². The number of anilines is 1. The number of nitrogens with zero attached hydrogens (tertiary/aromatic N) is 1. The number of ether oxygens (including phenoxy) is 1. The van der Waals surface area contributed by atoms with E-state index in [-0.39, 0.29) is 11.9 Å². The Hall–Kier alpha value is -2.67. The summed E-state index contributed by atoms with van der Waals surface area (Å²) in [6.45, 7) is 1.46. The second-order valence-electron chi connectivity index (χ2n) is 4.68. The zero-order valence-electron chi connectivity index (χ0n) is 12.0. The van der Waals surface area contributed by atoms with Gasteiger partial charge in [0.15, 0.2) is 0 Å². The minimum absolute atomic E-state index is 0.115. The molecule has 2 N–H and O–H groups in total. The van der Waals surface area contributed by atoms with Crippen molar-refractivity contribution >= 4 is 39.1 Å². The van der Waals surface area contributed by atoms with Gasteiger partial charge in [0, 0.05) is 18.2 Å². The number of esters is 1. The molecule has 0 saturated heterocycles. The van der Waals surface area contributed by atoms with Gasteiger partial charge in [-0.05, 0) is 18.2 Å². The number of amides is 1. The number of nitrogens with one attached hydrogen (secondary N) is 2. The zero-order chi connectivity index (χ0) is 15.7. The van der Waals surface area contributed by atoms with Crippen molar-refractivity contribution in [3.8, 4) is 11.3 Å². The van der Waals surface area contributed by atoms with Crippen LogP contribution in [-0.2, 0) is 9.53 Å². The fourth-order valence-electron chi connectivity index (χ4n) is 2.13. The highest BCUT2D eigenvalue weighted by Crippen LogP contribution is 2.33. The Balaban J connectivity index is 1.97. The van der Waals surface area contributed by atoms with Crippen molar-refractivity contribution < 1.29 is 14.3 Å². The molecule has 6 nitrogen and oxygen atoms in total. The van der Waals surface area contributed by atoms with Crippen molar-refractivity contribution in [2.75, 3.05) is 12.4 Å². The van der Waals surface area contributed by atoms with Gasteiger partial charge in [-0.25, -0.2) is 4.79 Å². The second kappa shape index (κ2) is 5.61. The molecule has 0 aliphatic carbocycles.